The molecule has 0 unspecified atom stereocenters. The molecule has 0 spiro atoms. The number of likely N-dealkylation sites (tertiary alicyclic amines) is 1. The number of amides is 1. The van der Waals surface area contributed by atoms with Gasteiger partial charge in [0.05, 0.1) is 0 Å². The molecule has 0 radical (unpaired) electrons. The zero-order chi connectivity index (χ0) is 18.2. The number of ether oxygens (including phenoxy) is 1. The highest BCUT2D eigenvalue weighted by Gasteiger charge is 2.26. The van der Waals surface area contributed by atoms with Crippen molar-refractivity contribution in [2.45, 2.75) is 52.2 Å². The van der Waals surface area contributed by atoms with Crippen LogP contribution in [0.15, 0.2) is 30.3 Å². The molecular formula is C18H28N2O4. The number of carbonyl (C=O) groups excluding carboxylic acids is 1. The summed E-state index contributed by atoms with van der Waals surface area (Å²) in [5.74, 6) is -0.833. The molecule has 0 saturated carbocycles. The van der Waals surface area contributed by atoms with E-state index in [4.69, 9.17) is 14.6 Å². The number of aliphatic carboxylic acids is 1. The highest BCUT2D eigenvalue weighted by atomic mass is 16.6. The van der Waals surface area contributed by atoms with Crippen LogP contribution in [0.2, 0.25) is 0 Å². The summed E-state index contributed by atoms with van der Waals surface area (Å²) < 4.78 is 5.40. The van der Waals surface area contributed by atoms with Crippen molar-refractivity contribution in [2.24, 2.45) is 0 Å². The van der Waals surface area contributed by atoms with Crippen LogP contribution in [0.1, 0.15) is 40.5 Å². The molecule has 1 amide bonds. The Morgan fingerprint density at radius 3 is 2.12 bits per heavy atom. The van der Waals surface area contributed by atoms with Crippen molar-refractivity contribution in [3.05, 3.63) is 30.3 Å². The summed E-state index contributed by atoms with van der Waals surface area (Å²) >= 11 is 0. The summed E-state index contributed by atoms with van der Waals surface area (Å²) in [5.41, 5.74) is 0.721. The molecule has 0 atom stereocenters. The minimum atomic E-state index is -0.833. The second-order valence-corrected chi connectivity index (χ2v) is 6.77. The van der Waals surface area contributed by atoms with E-state index >= 15 is 0 Å². The maximum Gasteiger partial charge on any atom is 0.410 e. The van der Waals surface area contributed by atoms with Crippen molar-refractivity contribution in [3.8, 4) is 0 Å². The summed E-state index contributed by atoms with van der Waals surface area (Å²) in [4.78, 5) is 22.8. The molecular weight excluding hydrogens is 308 g/mol. The minimum Gasteiger partial charge on any atom is -0.481 e. The molecule has 6 heteroatoms. The number of carboxylic acid groups (broad SMARTS) is 1. The van der Waals surface area contributed by atoms with Crippen molar-refractivity contribution >= 4 is 17.7 Å². The molecule has 0 aliphatic carbocycles. The molecule has 134 valence electrons. The summed E-state index contributed by atoms with van der Waals surface area (Å²) in [6, 6.07) is 10.6. The maximum atomic E-state index is 12.0. The van der Waals surface area contributed by atoms with E-state index in [1.54, 1.807) is 4.90 Å². The highest BCUT2D eigenvalue weighted by molar-refractivity contribution is 5.68. The van der Waals surface area contributed by atoms with Gasteiger partial charge in [-0.15, -0.1) is 0 Å². The highest BCUT2D eigenvalue weighted by Crippen LogP contribution is 2.18. The van der Waals surface area contributed by atoms with Gasteiger partial charge in [0.15, 0.2) is 0 Å². The van der Waals surface area contributed by atoms with Crippen molar-refractivity contribution in [2.75, 3.05) is 18.4 Å². The van der Waals surface area contributed by atoms with E-state index in [2.05, 4.69) is 17.4 Å². The van der Waals surface area contributed by atoms with E-state index in [1.165, 1.54) is 0 Å². The Labute approximate surface area is 143 Å². The number of piperidine rings is 1. The number of rotatable bonds is 2. The third-order valence-corrected chi connectivity index (χ3v) is 3.29. The molecule has 2 N–H and O–H groups in total. The zero-order valence-corrected chi connectivity index (χ0v) is 14.9. The van der Waals surface area contributed by atoms with Gasteiger partial charge in [0, 0.05) is 31.7 Å². The number of benzene rings is 1. The average molecular weight is 336 g/mol. The van der Waals surface area contributed by atoms with Crippen LogP contribution in [-0.2, 0) is 9.53 Å². The normalized spacial score (nSPS) is 15.1. The summed E-state index contributed by atoms with van der Waals surface area (Å²) in [7, 11) is 0. The lowest BCUT2D eigenvalue weighted by molar-refractivity contribution is -0.134. The van der Waals surface area contributed by atoms with Gasteiger partial charge in [-0.25, -0.2) is 4.79 Å². The van der Waals surface area contributed by atoms with Gasteiger partial charge in [-0.2, -0.15) is 0 Å². The molecule has 0 bridgehead atoms. The van der Waals surface area contributed by atoms with Crippen molar-refractivity contribution in [1.29, 1.82) is 0 Å². The Kier molecular flexibility index (Phi) is 7.55. The summed E-state index contributed by atoms with van der Waals surface area (Å²) in [5, 5.41) is 10.9. The molecule has 24 heavy (non-hydrogen) atoms. The summed E-state index contributed by atoms with van der Waals surface area (Å²) in [6.45, 7) is 8.27. The SMILES string of the molecule is CC(=O)O.CC(C)(C)OC(=O)N1CCC(Nc2ccccc2)CC1. The van der Waals surface area contributed by atoms with Gasteiger partial charge in [0.25, 0.3) is 5.97 Å². The third kappa shape index (κ3) is 8.41. The van der Waals surface area contributed by atoms with Gasteiger partial charge in [0.1, 0.15) is 5.60 Å². The van der Waals surface area contributed by atoms with E-state index in [0.29, 0.717) is 6.04 Å². The van der Waals surface area contributed by atoms with Gasteiger partial charge in [0.2, 0.25) is 0 Å². The number of para-hydroxylation sites is 1. The standard InChI is InChI=1S/C16H24N2O2.C2H4O2/c1-16(2,3)20-15(19)18-11-9-14(10-12-18)17-13-7-5-4-6-8-13;1-2(3)4/h4-8,14,17H,9-12H2,1-3H3;1H3,(H,3,4). The first-order chi connectivity index (χ1) is 11.2. The van der Waals surface area contributed by atoms with Crippen LogP contribution in [0.5, 0.6) is 0 Å². The quantitative estimate of drug-likeness (QED) is 0.863. The minimum absolute atomic E-state index is 0.198. The van der Waals surface area contributed by atoms with Crippen LogP contribution in [0.25, 0.3) is 0 Å². The van der Waals surface area contributed by atoms with Gasteiger partial charge in [-0.05, 0) is 45.7 Å². The van der Waals surface area contributed by atoms with E-state index in [1.807, 2.05) is 39.0 Å². The van der Waals surface area contributed by atoms with E-state index in [9.17, 15) is 4.79 Å². The average Bonchev–Trinajstić information content (AvgIpc) is 2.46. The largest absolute Gasteiger partial charge is 0.481 e. The molecule has 6 nitrogen and oxygen atoms in total. The maximum absolute atomic E-state index is 12.0. The number of hydrogen-bond acceptors (Lipinski definition) is 4. The van der Waals surface area contributed by atoms with E-state index in [-0.39, 0.29) is 6.09 Å². The fourth-order valence-electron chi connectivity index (χ4n) is 2.30. The predicted octanol–water partition coefficient (Wildman–Crippen LogP) is 3.59. The van der Waals surface area contributed by atoms with Crippen molar-refractivity contribution in [1.82, 2.24) is 4.90 Å². The fraction of sp³-hybridized carbons (Fsp3) is 0.556. The molecule has 1 saturated heterocycles. The molecule has 1 aromatic carbocycles. The van der Waals surface area contributed by atoms with Gasteiger partial charge < -0.3 is 20.1 Å². The van der Waals surface area contributed by atoms with Crippen molar-refractivity contribution in [3.63, 3.8) is 0 Å². The topological polar surface area (TPSA) is 78.9 Å². The van der Waals surface area contributed by atoms with Crippen LogP contribution in [-0.4, -0.2) is 46.8 Å². The molecule has 0 aromatic heterocycles. The Bertz CT molecular complexity index is 514. The first-order valence-electron chi connectivity index (χ1n) is 8.16. The number of nitrogens with zero attached hydrogens (tertiary/aromatic N) is 1. The second kappa shape index (κ2) is 9.15. The number of hydrogen-bond donors (Lipinski definition) is 2. The lowest BCUT2D eigenvalue weighted by Gasteiger charge is -2.34. The van der Waals surface area contributed by atoms with Crippen LogP contribution >= 0.6 is 0 Å². The predicted molar refractivity (Wildman–Crippen MR) is 94.2 cm³/mol. The van der Waals surface area contributed by atoms with Crippen molar-refractivity contribution < 1.29 is 19.4 Å². The monoisotopic (exact) mass is 336 g/mol. The Hall–Kier alpha value is -2.24. The lowest BCUT2D eigenvalue weighted by atomic mass is 10.0. The van der Waals surface area contributed by atoms with Gasteiger partial charge in [-0.3, -0.25) is 4.79 Å². The van der Waals surface area contributed by atoms with Crippen LogP contribution in [0.4, 0.5) is 10.5 Å². The molecule has 1 aliphatic heterocycles. The second-order valence-electron chi connectivity index (χ2n) is 6.77. The van der Waals surface area contributed by atoms with Gasteiger partial charge in [-0.1, -0.05) is 18.2 Å². The number of carboxylic acids is 1. The van der Waals surface area contributed by atoms with E-state index in [0.717, 1.165) is 38.5 Å². The molecule has 1 fully saturated rings. The van der Waals surface area contributed by atoms with Crippen LogP contribution in [0.3, 0.4) is 0 Å². The molecule has 1 heterocycles. The zero-order valence-electron chi connectivity index (χ0n) is 14.9. The number of anilines is 1. The molecule has 2 rings (SSSR count). The summed E-state index contributed by atoms with van der Waals surface area (Å²) in [6.07, 6.45) is 1.71. The first-order valence-corrected chi connectivity index (χ1v) is 8.16. The fourth-order valence-corrected chi connectivity index (χ4v) is 2.30. The number of carbonyl (C=O) groups is 2. The van der Waals surface area contributed by atoms with Crippen LogP contribution in [0, 0.1) is 0 Å². The van der Waals surface area contributed by atoms with E-state index < -0.39 is 11.6 Å². The third-order valence-electron chi connectivity index (χ3n) is 3.29. The Balaban J connectivity index is 0.000000648. The van der Waals surface area contributed by atoms with Gasteiger partial charge >= 0.3 is 6.09 Å². The smallest absolute Gasteiger partial charge is 0.410 e. The molecule has 1 aliphatic rings. The lowest BCUT2D eigenvalue weighted by Crippen LogP contribution is -2.44. The first kappa shape index (κ1) is 19.8. The Morgan fingerprint density at radius 1 is 1.17 bits per heavy atom. The number of nitrogens with one attached hydrogen (secondary N) is 1. The molecule has 1 aromatic rings. The Morgan fingerprint density at radius 2 is 1.67 bits per heavy atom. The van der Waals surface area contributed by atoms with Crippen LogP contribution < -0.4 is 5.32 Å².